The molecule has 2 aliphatic rings. The average molecular weight is 313 g/mol. The molecule has 1 saturated carbocycles. The summed E-state index contributed by atoms with van der Waals surface area (Å²) < 4.78 is 0. The van der Waals surface area contributed by atoms with E-state index in [9.17, 15) is 0 Å². The van der Waals surface area contributed by atoms with Gasteiger partial charge in [0.2, 0.25) is 0 Å². The maximum absolute atomic E-state index is 2.60. The molecule has 3 rings (SSSR count). The van der Waals surface area contributed by atoms with Gasteiger partial charge >= 0.3 is 0 Å². The summed E-state index contributed by atoms with van der Waals surface area (Å²) in [6.07, 6.45) is 8.32. The second-order valence-electron chi connectivity index (χ2n) is 9.69. The van der Waals surface area contributed by atoms with Gasteiger partial charge in [-0.15, -0.1) is 0 Å². The predicted molar refractivity (Wildman–Crippen MR) is 101 cm³/mol. The van der Waals surface area contributed by atoms with Crippen LogP contribution in [-0.2, 0) is 11.8 Å². The Morgan fingerprint density at radius 3 is 2.48 bits per heavy atom. The summed E-state index contributed by atoms with van der Waals surface area (Å²) in [4.78, 5) is 0. The van der Waals surface area contributed by atoms with Gasteiger partial charge in [0.1, 0.15) is 0 Å². The fraction of sp³-hybridized carbons (Fsp3) is 0.739. The van der Waals surface area contributed by atoms with Crippen LogP contribution in [0.3, 0.4) is 0 Å². The van der Waals surface area contributed by atoms with Crippen molar-refractivity contribution in [2.24, 2.45) is 17.3 Å². The molecule has 23 heavy (non-hydrogen) atoms. The van der Waals surface area contributed by atoms with Crippen LogP contribution < -0.4 is 0 Å². The van der Waals surface area contributed by atoms with Crippen molar-refractivity contribution in [3.63, 3.8) is 0 Å². The second kappa shape index (κ2) is 5.94. The lowest BCUT2D eigenvalue weighted by molar-refractivity contribution is 0.00955. The number of hydrogen-bond acceptors (Lipinski definition) is 0. The van der Waals surface area contributed by atoms with E-state index in [0.717, 1.165) is 11.8 Å². The molecule has 0 aromatic heterocycles. The summed E-state index contributed by atoms with van der Waals surface area (Å²) in [5.74, 6) is 2.32. The zero-order valence-electron chi connectivity index (χ0n) is 16.2. The number of benzene rings is 1. The zero-order valence-corrected chi connectivity index (χ0v) is 16.2. The number of aryl methyl sites for hydroxylation is 1. The molecule has 128 valence electrons. The van der Waals surface area contributed by atoms with Gasteiger partial charge in [0.25, 0.3) is 0 Å². The molecule has 0 heterocycles. The van der Waals surface area contributed by atoms with E-state index in [0.29, 0.717) is 16.7 Å². The van der Waals surface area contributed by atoms with E-state index in [1.165, 1.54) is 44.1 Å². The van der Waals surface area contributed by atoms with Crippen LogP contribution in [0.2, 0.25) is 0 Å². The molecule has 0 bridgehead atoms. The van der Waals surface area contributed by atoms with Crippen molar-refractivity contribution in [1.29, 1.82) is 0 Å². The summed E-state index contributed by atoms with van der Waals surface area (Å²) in [5.41, 5.74) is 5.81. The van der Waals surface area contributed by atoms with Crippen molar-refractivity contribution in [2.75, 3.05) is 0 Å². The molecule has 3 unspecified atom stereocenters. The molecule has 0 spiro atoms. The Labute approximate surface area is 144 Å². The fourth-order valence-electron chi connectivity index (χ4n) is 6.18. The minimum Gasteiger partial charge on any atom is -0.0628 e. The van der Waals surface area contributed by atoms with Gasteiger partial charge in [0, 0.05) is 0 Å². The highest BCUT2D eigenvalue weighted by Gasteiger charge is 2.51. The first-order chi connectivity index (χ1) is 10.8. The summed E-state index contributed by atoms with van der Waals surface area (Å²) in [6, 6.07) is 7.43. The van der Waals surface area contributed by atoms with Gasteiger partial charge in [0.05, 0.1) is 0 Å². The van der Waals surface area contributed by atoms with Crippen LogP contribution in [0.4, 0.5) is 0 Å². The molecule has 1 fully saturated rings. The lowest BCUT2D eigenvalue weighted by Gasteiger charge is -2.56. The van der Waals surface area contributed by atoms with Crippen molar-refractivity contribution in [1.82, 2.24) is 0 Å². The first kappa shape index (κ1) is 17.1. The van der Waals surface area contributed by atoms with Crippen molar-refractivity contribution >= 4 is 0 Å². The molecule has 0 radical (unpaired) electrons. The van der Waals surface area contributed by atoms with Gasteiger partial charge in [-0.1, -0.05) is 66.2 Å². The smallest absolute Gasteiger partial charge is 0.00390 e. The van der Waals surface area contributed by atoms with Gasteiger partial charge in [-0.3, -0.25) is 0 Å². The van der Waals surface area contributed by atoms with E-state index < -0.39 is 0 Å². The lowest BCUT2D eigenvalue weighted by Crippen LogP contribution is -2.49. The molecule has 3 atom stereocenters. The van der Waals surface area contributed by atoms with E-state index in [2.05, 4.69) is 59.7 Å². The minimum atomic E-state index is 0.408. The number of hydrogen-bond donors (Lipinski definition) is 0. The van der Waals surface area contributed by atoms with Crippen molar-refractivity contribution in [2.45, 2.75) is 91.4 Å². The lowest BCUT2D eigenvalue weighted by atomic mass is 9.48. The first-order valence-corrected chi connectivity index (χ1v) is 9.89. The van der Waals surface area contributed by atoms with Gasteiger partial charge in [-0.05, 0) is 77.4 Å². The molecule has 0 N–H and O–H groups in total. The van der Waals surface area contributed by atoms with Gasteiger partial charge < -0.3 is 0 Å². The predicted octanol–water partition coefficient (Wildman–Crippen LogP) is 6.87. The molecule has 0 saturated heterocycles. The van der Waals surface area contributed by atoms with Gasteiger partial charge in [0.15, 0.2) is 0 Å². The van der Waals surface area contributed by atoms with Crippen molar-refractivity contribution in [3.8, 4) is 0 Å². The number of fused-ring (bicyclic) bond motifs is 3. The normalized spacial score (nSPS) is 33.7. The third-order valence-corrected chi connectivity index (χ3v) is 7.04. The van der Waals surface area contributed by atoms with Crippen LogP contribution in [0, 0.1) is 17.3 Å². The van der Waals surface area contributed by atoms with Crippen molar-refractivity contribution in [3.05, 3.63) is 34.9 Å². The minimum absolute atomic E-state index is 0.408. The summed E-state index contributed by atoms with van der Waals surface area (Å²) in [7, 11) is 0. The molecule has 0 amide bonds. The van der Waals surface area contributed by atoms with E-state index in [4.69, 9.17) is 0 Å². The summed E-state index contributed by atoms with van der Waals surface area (Å²) in [5, 5.41) is 0. The number of rotatable bonds is 3. The van der Waals surface area contributed by atoms with E-state index in [1.54, 1.807) is 11.1 Å². The topological polar surface area (TPSA) is 0 Å². The molecule has 0 heteroatoms. The second-order valence-corrected chi connectivity index (χ2v) is 9.69. The molecular formula is C23H36. The molecule has 1 aromatic rings. The Kier molecular flexibility index (Phi) is 4.40. The van der Waals surface area contributed by atoms with Crippen molar-refractivity contribution < 1.29 is 0 Å². The first-order valence-electron chi connectivity index (χ1n) is 9.89. The van der Waals surface area contributed by atoms with E-state index in [-0.39, 0.29) is 0 Å². The Bertz CT molecular complexity index is 567. The molecule has 0 nitrogen and oxygen atoms in total. The SMILES string of the molecule is CC(C)CC1(C)CCCC2(C)c3ccc(C(C)C)cc3CCC12. The third-order valence-electron chi connectivity index (χ3n) is 7.04. The maximum Gasteiger partial charge on any atom is -0.00390 e. The molecular weight excluding hydrogens is 276 g/mol. The van der Waals surface area contributed by atoms with Crippen LogP contribution in [0.25, 0.3) is 0 Å². The monoisotopic (exact) mass is 312 g/mol. The summed E-state index contributed by atoms with van der Waals surface area (Å²) in [6.45, 7) is 14.6. The van der Waals surface area contributed by atoms with E-state index in [1.807, 2.05) is 0 Å². The molecule has 0 aliphatic heterocycles. The highest BCUT2D eigenvalue weighted by atomic mass is 14.6. The quantitative estimate of drug-likeness (QED) is 0.571. The van der Waals surface area contributed by atoms with Crippen LogP contribution in [0.15, 0.2) is 18.2 Å². The highest BCUT2D eigenvalue weighted by Crippen LogP contribution is 2.59. The Hall–Kier alpha value is -0.780. The molecule has 1 aromatic carbocycles. The standard InChI is InChI=1S/C23H36/c1-16(2)15-22(5)12-7-13-23(6)20-10-8-18(17(3)4)14-19(20)9-11-21(22)23/h8,10,14,16-17,21H,7,9,11-13,15H2,1-6H3. The third kappa shape index (κ3) is 2.87. The van der Waals surface area contributed by atoms with Gasteiger partial charge in [-0.2, -0.15) is 0 Å². The van der Waals surface area contributed by atoms with E-state index >= 15 is 0 Å². The fourth-order valence-corrected chi connectivity index (χ4v) is 6.18. The summed E-state index contributed by atoms with van der Waals surface area (Å²) >= 11 is 0. The Balaban J connectivity index is 2.00. The largest absolute Gasteiger partial charge is 0.0628 e. The highest BCUT2D eigenvalue weighted by molar-refractivity contribution is 5.42. The van der Waals surface area contributed by atoms with Gasteiger partial charge in [-0.25, -0.2) is 0 Å². The zero-order chi connectivity index (χ0) is 16.8. The van der Waals surface area contributed by atoms with Crippen LogP contribution in [-0.4, -0.2) is 0 Å². The van der Waals surface area contributed by atoms with Crippen LogP contribution in [0.1, 0.15) is 96.3 Å². The Morgan fingerprint density at radius 2 is 1.83 bits per heavy atom. The van der Waals surface area contributed by atoms with Crippen LogP contribution >= 0.6 is 0 Å². The average Bonchev–Trinajstić information content (AvgIpc) is 2.45. The molecule has 2 aliphatic carbocycles. The Morgan fingerprint density at radius 1 is 1.09 bits per heavy atom. The van der Waals surface area contributed by atoms with Crippen LogP contribution in [0.5, 0.6) is 0 Å². The maximum atomic E-state index is 2.60.